The van der Waals surface area contributed by atoms with Crippen LogP contribution in [0.1, 0.15) is 28.7 Å². The third-order valence-corrected chi connectivity index (χ3v) is 4.34. The lowest BCUT2D eigenvalue weighted by Crippen LogP contribution is -2.15. The molecule has 2 heterocycles. The van der Waals surface area contributed by atoms with Gasteiger partial charge in [0.25, 0.3) is 0 Å². The summed E-state index contributed by atoms with van der Waals surface area (Å²) in [7, 11) is 2.99. The lowest BCUT2D eigenvalue weighted by atomic mass is 10.1. The second kappa shape index (κ2) is 7.11. The lowest BCUT2D eigenvalue weighted by molar-refractivity contribution is 0.0591. The molecule has 6 nitrogen and oxygen atoms in total. The Morgan fingerprint density at radius 2 is 2.24 bits per heavy atom. The van der Waals surface area contributed by atoms with Crippen LogP contribution >= 0.6 is 0 Å². The van der Waals surface area contributed by atoms with Crippen molar-refractivity contribution in [3.63, 3.8) is 0 Å². The molecule has 0 N–H and O–H groups in total. The first-order chi connectivity index (χ1) is 12.1. The van der Waals surface area contributed by atoms with E-state index in [2.05, 4.69) is 11.6 Å². The number of benzene rings is 1. The van der Waals surface area contributed by atoms with Crippen LogP contribution in [-0.4, -0.2) is 42.5 Å². The Morgan fingerprint density at radius 3 is 2.92 bits per heavy atom. The Balaban J connectivity index is 2.17. The van der Waals surface area contributed by atoms with Crippen molar-refractivity contribution in [3.8, 4) is 17.1 Å². The van der Waals surface area contributed by atoms with Crippen LogP contribution in [-0.2, 0) is 22.4 Å². The van der Waals surface area contributed by atoms with Gasteiger partial charge in [-0.1, -0.05) is 24.8 Å². The first-order valence-corrected chi connectivity index (χ1v) is 8.19. The Morgan fingerprint density at radius 1 is 1.44 bits per heavy atom. The number of hydrogen-bond donors (Lipinski definition) is 0. The van der Waals surface area contributed by atoms with E-state index in [9.17, 15) is 4.79 Å². The highest BCUT2D eigenvalue weighted by molar-refractivity contribution is 5.89. The highest BCUT2D eigenvalue weighted by Gasteiger charge is 2.27. The third-order valence-electron chi connectivity index (χ3n) is 4.34. The van der Waals surface area contributed by atoms with Crippen molar-refractivity contribution in [2.45, 2.75) is 26.0 Å². The Hall–Kier alpha value is -2.60. The van der Waals surface area contributed by atoms with E-state index in [1.807, 2.05) is 29.7 Å². The summed E-state index contributed by atoms with van der Waals surface area (Å²) in [5.41, 5.74) is 2.96. The number of aromatic nitrogens is 2. The molecule has 1 atom stereocenters. The van der Waals surface area contributed by atoms with E-state index >= 15 is 0 Å². The fraction of sp³-hybridized carbons (Fsp3) is 0.368. The maximum atomic E-state index is 12.2. The van der Waals surface area contributed by atoms with Gasteiger partial charge in [-0.15, -0.1) is 0 Å². The molecule has 1 aromatic heterocycles. The van der Waals surface area contributed by atoms with Gasteiger partial charge in [0.1, 0.15) is 11.6 Å². The van der Waals surface area contributed by atoms with Crippen molar-refractivity contribution < 1.29 is 19.0 Å². The highest BCUT2D eigenvalue weighted by atomic mass is 16.5. The molecule has 0 amide bonds. The van der Waals surface area contributed by atoms with Gasteiger partial charge >= 0.3 is 5.97 Å². The molecule has 1 aromatic carbocycles. The molecule has 3 rings (SSSR count). The lowest BCUT2D eigenvalue weighted by Gasteiger charge is -2.14. The smallest absolute Gasteiger partial charge is 0.358 e. The van der Waals surface area contributed by atoms with Crippen LogP contribution in [0.4, 0.5) is 0 Å². The number of methoxy groups -OCH3 is 2. The number of carbonyl (C=O) groups excluding carboxylic acids is 1. The molecule has 2 aromatic rings. The molecule has 1 aliphatic heterocycles. The summed E-state index contributed by atoms with van der Waals surface area (Å²) in [5, 5.41) is 0. The fourth-order valence-corrected chi connectivity index (χ4v) is 3.10. The number of ether oxygens (including phenoxy) is 3. The van der Waals surface area contributed by atoms with Gasteiger partial charge in [-0.3, -0.25) is 0 Å². The molecule has 6 heteroatoms. The topological polar surface area (TPSA) is 62.6 Å². The van der Waals surface area contributed by atoms with Crippen molar-refractivity contribution in [3.05, 3.63) is 41.7 Å². The van der Waals surface area contributed by atoms with Gasteiger partial charge in [-0.25, -0.2) is 9.78 Å². The second-order valence-electron chi connectivity index (χ2n) is 5.93. The fourth-order valence-electron chi connectivity index (χ4n) is 3.10. The minimum Gasteiger partial charge on any atom is -0.496 e. The molecule has 132 valence electrons. The van der Waals surface area contributed by atoms with E-state index < -0.39 is 5.97 Å². The molecule has 0 saturated heterocycles. The third kappa shape index (κ3) is 3.17. The highest BCUT2D eigenvalue weighted by Crippen LogP contribution is 2.30. The monoisotopic (exact) mass is 342 g/mol. The standard InChI is InChI=1S/C19H22N2O4/c1-5-13-6-7-14(10-16(13)23-3)18-20-17(19(22)24-4)15-8-9-25-12(2)11-21(15)18/h5-7,10,12H,1,8-9,11H2,2-4H3. The molecule has 0 bridgehead atoms. The van der Waals surface area contributed by atoms with Gasteiger partial charge in [0, 0.05) is 17.5 Å². The number of nitrogens with zero attached hydrogens (tertiary/aromatic N) is 2. The molecule has 1 aliphatic rings. The van der Waals surface area contributed by atoms with Crippen LogP contribution in [0.2, 0.25) is 0 Å². The average Bonchev–Trinajstić information content (AvgIpc) is 2.87. The van der Waals surface area contributed by atoms with Crippen LogP contribution < -0.4 is 4.74 Å². The first-order valence-electron chi connectivity index (χ1n) is 8.19. The van der Waals surface area contributed by atoms with E-state index in [0.29, 0.717) is 36.8 Å². The van der Waals surface area contributed by atoms with Crippen LogP contribution in [0, 0.1) is 0 Å². The molecular weight excluding hydrogens is 320 g/mol. The maximum absolute atomic E-state index is 12.2. The number of esters is 1. The average molecular weight is 342 g/mol. The summed E-state index contributed by atoms with van der Waals surface area (Å²) >= 11 is 0. The summed E-state index contributed by atoms with van der Waals surface area (Å²) in [6.45, 7) is 6.98. The Kier molecular flexibility index (Phi) is 4.90. The predicted octanol–water partition coefficient (Wildman–Crippen LogP) is 2.95. The molecule has 25 heavy (non-hydrogen) atoms. The van der Waals surface area contributed by atoms with Crippen LogP contribution in [0.25, 0.3) is 17.5 Å². The van der Waals surface area contributed by atoms with Gasteiger partial charge in [0.05, 0.1) is 39.2 Å². The van der Waals surface area contributed by atoms with Gasteiger partial charge in [-0.2, -0.15) is 0 Å². The van der Waals surface area contributed by atoms with Crippen molar-refractivity contribution in [2.75, 3.05) is 20.8 Å². The van der Waals surface area contributed by atoms with Crippen molar-refractivity contribution in [2.24, 2.45) is 0 Å². The molecular formula is C19H22N2O4. The molecule has 0 fully saturated rings. The molecule has 1 unspecified atom stereocenters. The Labute approximate surface area is 147 Å². The maximum Gasteiger partial charge on any atom is 0.358 e. The summed E-state index contributed by atoms with van der Waals surface area (Å²) in [5.74, 6) is 0.989. The van der Waals surface area contributed by atoms with Crippen LogP contribution in [0.3, 0.4) is 0 Å². The minimum atomic E-state index is -0.431. The zero-order chi connectivity index (χ0) is 18.0. The SMILES string of the molecule is C=Cc1ccc(-c2nc(C(=O)OC)c3n2CC(C)OCC3)cc1OC. The minimum absolute atomic E-state index is 0.0361. The largest absolute Gasteiger partial charge is 0.496 e. The van der Waals surface area contributed by atoms with Crippen molar-refractivity contribution in [1.82, 2.24) is 9.55 Å². The molecule has 0 aliphatic carbocycles. The predicted molar refractivity (Wildman–Crippen MR) is 94.8 cm³/mol. The number of fused-ring (bicyclic) bond motifs is 1. The molecule has 0 spiro atoms. The van der Waals surface area contributed by atoms with E-state index in [1.54, 1.807) is 13.2 Å². The zero-order valence-electron chi connectivity index (χ0n) is 14.7. The van der Waals surface area contributed by atoms with E-state index in [0.717, 1.165) is 16.8 Å². The molecule has 0 radical (unpaired) electrons. The quantitative estimate of drug-likeness (QED) is 0.800. The zero-order valence-corrected chi connectivity index (χ0v) is 14.7. The van der Waals surface area contributed by atoms with Crippen LogP contribution in [0.15, 0.2) is 24.8 Å². The van der Waals surface area contributed by atoms with E-state index in [1.165, 1.54) is 7.11 Å². The summed E-state index contributed by atoms with van der Waals surface area (Å²) in [4.78, 5) is 16.8. The first kappa shape index (κ1) is 17.2. The second-order valence-corrected chi connectivity index (χ2v) is 5.93. The number of hydrogen-bond acceptors (Lipinski definition) is 5. The number of imidazole rings is 1. The summed E-state index contributed by atoms with van der Waals surface area (Å²) < 4.78 is 18.1. The van der Waals surface area contributed by atoms with E-state index in [4.69, 9.17) is 14.2 Å². The van der Waals surface area contributed by atoms with Crippen molar-refractivity contribution >= 4 is 12.0 Å². The Bertz CT molecular complexity index is 810. The van der Waals surface area contributed by atoms with E-state index in [-0.39, 0.29) is 6.10 Å². The number of rotatable bonds is 4. The summed E-state index contributed by atoms with van der Waals surface area (Å²) in [6, 6.07) is 5.79. The number of carbonyl (C=O) groups is 1. The van der Waals surface area contributed by atoms with Crippen LogP contribution in [0.5, 0.6) is 5.75 Å². The van der Waals surface area contributed by atoms with Crippen molar-refractivity contribution in [1.29, 1.82) is 0 Å². The van der Waals surface area contributed by atoms with Gasteiger partial charge in [-0.05, 0) is 13.0 Å². The van der Waals surface area contributed by atoms with Gasteiger partial charge in [0.2, 0.25) is 0 Å². The molecule has 0 saturated carbocycles. The normalized spacial score (nSPS) is 16.7. The van der Waals surface area contributed by atoms with Gasteiger partial charge < -0.3 is 18.8 Å². The summed E-state index contributed by atoms with van der Waals surface area (Å²) in [6.07, 6.45) is 2.39. The van der Waals surface area contributed by atoms with Gasteiger partial charge in [0.15, 0.2) is 5.69 Å².